The molecule has 152 valence electrons. The van der Waals surface area contributed by atoms with E-state index >= 15 is 0 Å². The van der Waals surface area contributed by atoms with E-state index < -0.39 is 30.0 Å². The summed E-state index contributed by atoms with van der Waals surface area (Å²) in [5.41, 5.74) is -0.909. The smallest absolute Gasteiger partial charge is 0.325 e. The van der Waals surface area contributed by atoms with Crippen LogP contribution in [0.25, 0.3) is 0 Å². The van der Waals surface area contributed by atoms with Gasteiger partial charge in [-0.3, -0.25) is 19.3 Å². The zero-order chi connectivity index (χ0) is 20.0. The lowest BCUT2D eigenvalue weighted by Crippen LogP contribution is -2.54. The standard InChI is InChI=1S/C18H29N3O6/c1-4-27-15(23)12-20(9-10-26-3)14(22)11-21-16(24)18(19-17(21)25)8-6-5-7-13(18)2/h13H,4-12H2,1-3H3,(H,19,25). The number of imide groups is 1. The van der Waals surface area contributed by atoms with E-state index in [-0.39, 0.29) is 38.1 Å². The molecule has 2 aliphatic rings. The number of nitrogens with zero attached hydrogens (tertiary/aromatic N) is 2. The van der Waals surface area contributed by atoms with Crippen LogP contribution < -0.4 is 5.32 Å². The molecule has 1 aliphatic heterocycles. The van der Waals surface area contributed by atoms with E-state index in [4.69, 9.17) is 9.47 Å². The number of hydrogen-bond acceptors (Lipinski definition) is 6. The van der Waals surface area contributed by atoms with Gasteiger partial charge in [0.15, 0.2) is 0 Å². The fourth-order valence-corrected chi connectivity index (χ4v) is 3.73. The van der Waals surface area contributed by atoms with E-state index in [9.17, 15) is 19.2 Å². The number of urea groups is 1. The van der Waals surface area contributed by atoms with Crippen LogP contribution in [0.2, 0.25) is 0 Å². The zero-order valence-corrected chi connectivity index (χ0v) is 16.3. The summed E-state index contributed by atoms with van der Waals surface area (Å²) in [7, 11) is 1.48. The Bertz CT molecular complexity index is 596. The molecule has 2 fully saturated rings. The Labute approximate surface area is 159 Å². The molecule has 0 aromatic heterocycles. The Morgan fingerprint density at radius 3 is 2.70 bits per heavy atom. The van der Waals surface area contributed by atoms with Crippen molar-refractivity contribution in [2.75, 3.05) is 40.0 Å². The number of esters is 1. The number of carbonyl (C=O) groups excluding carboxylic acids is 4. The number of methoxy groups -OCH3 is 1. The molecule has 2 atom stereocenters. The van der Waals surface area contributed by atoms with Crippen molar-refractivity contribution >= 4 is 23.8 Å². The third-order valence-corrected chi connectivity index (χ3v) is 5.34. The molecule has 0 bridgehead atoms. The summed E-state index contributed by atoms with van der Waals surface area (Å²) in [5, 5.41) is 2.82. The SMILES string of the molecule is CCOC(=O)CN(CCOC)C(=O)CN1C(=O)NC2(CCCCC2C)C1=O. The van der Waals surface area contributed by atoms with Crippen LogP contribution in [-0.2, 0) is 23.9 Å². The van der Waals surface area contributed by atoms with Crippen molar-refractivity contribution < 1.29 is 28.7 Å². The van der Waals surface area contributed by atoms with Gasteiger partial charge in [-0.15, -0.1) is 0 Å². The lowest BCUT2D eigenvalue weighted by Gasteiger charge is -2.36. The van der Waals surface area contributed by atoms with Crippen molar-refractivity contribution in [3.05, 3.63) is 0 Å². The average Bonchev–Trinajstić information content (AvgIpc) is 2.86. The number of amides is 4. The van der Waals surface area contributed by atoms with Crippen LogP contribution >= 0.6 is 0 Å². The van der Waals surface area contributed by atoms with Gasteiger partial charge in [0, 0.05) is 13.7 Å². The summed E-state index contributed by atoms with van der Waals surface area (Å²) in [4.78, 5) is 52.0. The zero-order valence-electron chi connectivity index (χ0n) is 16.3. The predicted molar refractivity (Wildman–Crippen MR) is 95.7 cm³/mol. The molecule has 9 nitrogen and oxygen atoms in total. The van der Waals surface area contributed by atoms with Gasteiger partial charge in [-0.2, -0.15) is 0 Å². The van der Waals surface area contributed by atoms with Gasteiger partial charge in [-0.25, -0.2) is 4.79 Å². The first-order valence-corrected chi connectivity index (χ1v) is 9.42. The first-order chi connectivity index (χ1) is 12.9. The highest BCUT2D eigenvalue weighted by Gasteiger charge is 2.55. The molecule has 1 spiro atoms. The third-order valence-electron chi connectivity index (χ3n) is 5.34. The van der Waals surface area contributed by atoms with Crippen LogP contribution in [0.5, 0.6) is 0 Å². The van der Waals surface area contributed by atoms with E-state index in [0.717, 1.165) is 24.2 Å². The molecular formula is C18H29N3O6. The third kappa shape index (κ3) is 4.58. The van der Waals surface area contributed by atoms with Crippen LogP contribution in [0.1, 0.15) is 39.5 Å². The van der Waals surface area contributed by atoms with Crippen LogP contribution in [-0.4, -0.2) is 79.1 Å². The molecule has 9 heteroatoms. The molecule has 0 aromatic carbocycles. The second-order valence-electron chi connectivity index (χ2n) is 7.05. The van der Waals surface area contributed by atoms with Gasteiger partial charge in [0.05, 0.1) is 13.2 Å². The molecular weight excluding hydrogens is 354 g/mol. The van der Waals surface area contributed by atoms with Crippen molar-refractivity contribution in [1.29, 1.82) is 0 Å². The summed E-state index contributed by atoms with van der Waals surface area (Å²) < 4.78 is 9.86. The van der Waals surface area contributed by atoms with E-state index in [1.165, 1.54) is 12.0 Å². The number of hydrogen-bond donors (Lipinski definition) is 1. The minimum atomic E-state index is -0.909. The minimum absolute atomic E-state index is 0.0203. The number of rotatable bonds is 8. The highest BCUT2D eigenvalue weighted by molar-refractivity contribution is 6.09. The minimum Gasteiger partial charge on any atom is -0.465 e. The van der Waals surface area contributed by atoms with E-state index in [2.05, 4.69) is 5.32 Å². The van der Waals surface area contributed by atoms with Gasteiger partial charge in [0.1, 0.15) is 18.6 Å². The van der Waals surface area contributed by atoms with Gasteiger partial charge < -0.3 is 19.7 Å². The molecule has 4 amide bonds. The van der Waals surface area contributed by atoms with Crippen molar-refractivity contribution in [2.24, 2.45) is 5.92 Å². The molecule has 2 rings (SSSR count). The molecule has 0 radical (unpaired) electrons. The van der Waals surface area contributed by atoms with Crippen LogP contribution in [0.15, 0.2) is 0 Å². The number of carbonyl (C=O) groups is 4. The number of nitrogens with one attached hydrogen (secondary N) is 1. The van der Waals surface area contributed by atoms with Gasteiger partial charge in [-0.1, -0.05) is 19.8 Å². The Morgan fingerprint density at radius 2 is 2.07 bits per heavy atom. The maximum absolute atomic E-state index is 13.0. The number of ether oxygens (including phenoxy) is 2. The van der Waals surface area contributed by atoms with Crippen molar-refractivity contribution in [1.82, 2.24) is 15.1 Å². The van der Waals surface area contributed by atoms with Crippen LogP contribution in [0, 0.1) is 5.92 Å². The summed E-state index contributed by atoms with van der Waals surface area (Å²) in [6, 6.07) is -0.551. The molecule has 1 saturated carbocycles. The van der Waals surface area contributed by atoms with Crippen molar-refractivity contribution in [3.63, 3.8) is 0 Å². The first kappa shape index (κ1) is 21.1. The lowest BCUT2D eigenvalue weighted by molar-refractivity contribution is -0.150. The van der Waals surface area contributed by atoms with Gasteiger partial charge in [-0.05, 0) is 25.7 Å². The normalized spacial score (nSPS) is 24.9. The Balaban J connectivity index is 2.08. The molecule has 0 aromatic rings. The predicted octanol–water partition coefficient (Wildman–Crippen LogP) is 0.525. The quantitative estimate of drug-likeness (QED) is 0.484. The van der Waals surface area contributed by atoms with Gasteiger partial charge >= 0.3 is 12.0 Å². The topological polar surface area (TPSA) is 105 Å². The summed E-state index contributed by atoms with van der Waals surface area (Å²) in [6.45, 7) is 3.58. The first-order valence-electron chi connectivity index (χ1n) is 9.42. The summed E-state index contributed by atoms with van der Waals surface area (Å²) in [5.74, 6) is -1.37. The second-order valence-corrected chi connectivity index (χ2v) is 7.05. The molecule has 2 unspecified atom stereocenters. The van der Waals surface area contributed by atoms with E-state index in [1.54, 1.807) is 6.92 Å². The summed E-state index contributed by atoms with van der Waals surface area (Å²) in [6.07, 6.45) is 3.33. The summed E-state index contributed by atoms with van der Waals surface area (Å²) >= 11 is 0. The second kappa shape index (κ2) is 9.16. The Kier molecular flexibility index (Phi) is 7.18. The molecule has 1 saturated heterocycles. The van der Waals surface area contributed by atoms with Crippen molar-refractivity contribution in [2.45, 2.75) is 45.1 Å². The molecule has 1 heterocycles. The maximum Gasteiger partial charge on any atom is 0.325 e. The highest BCUT2D eigenvalue weighted by Crippen LogP contribution is 2.38. The largest absolute Gasteiger partial charge is 0.465 e. The van der Waals surface area contributed by atoms with Crippen molar-refractivity contribution in [3.8, 4) is 0 Å². The van der Waals surface area contributed by atoms with E-state index in [0.29, 0.717) is 6.42 Å². The van der Waals surface area contributed by atoms with Gasteiger partial charge in [0.25, 0.3) is 5.91 Å². The van der Waals surface area contributed by atoms with Crippen LogP contribution in [0.3, 0.4) is 0 Å². The Morgan fingerprint density at radius 1 is 1.33 bits per heavy atom. The fraction of sp³-hybridized carbons (Fsp3) is 0.778. The maximum atomic E-state index is 13.0. The van der Waals surface area contributed by atoms with Gasteiger partial charge in [0.2, 0.25) is 5.91 Å². The highest BCUT2D eigenvalue weighted by atomic mass is 16.5. The lowest BCUT2D eigenvalue weighted by atomic mass is 9.73. The Hall–Kier alpha value is -2.16. The molecule has 27 heavy (non-hydrogen) atoms. The van der Waals surface area contributed by atoms with Crippen LogP contribution in [0.4, 0.5) is 4.79 Å². The molecule has 1 N–H and O–H groups in total. The van der Waals surface area contributed by atoms with E-state index in [1.807, 2.05) is 6.92 Å². The fourth-order valence-electron chi connectivity index (χ4n) is 3.73. The molecule has 1 aliphatic carbocycles. The monoisotopic (exact) mass is 383 g/mol. The average molecular weight is 383 g/mol.